The zero-order valence-corrected chi connectivity index (χ0v) is 7.12. The Hall–Kier alpha value is -1.26. The molecule has 12 heavy (non-hydrogen) atoms. The van der Waals surface area contributed by atoms with Crippen LogP contribution in [0.1, 0.15) is 30.6 Å². The molecule has 1 rings (SSSR count). The third-order valence-electron chi connectivity index (χ3n) is 1.86. The molecule has 0 fully saturated rings. The second kappa shape index (κ2) is 3.94. The van der Waals surface area contributed by atoms with E-state index < -0.39 is 6.10 Å². The van der Waals surface area contributed by atoms with E-state index in [0.717, 1.165) is 11.1 Å². The summed E-state index contributed by atoms with van der Waals surface area (Å²) in [6.45, 7) is 1.93. The van der Waals surface area contributed by atoms with Gasteiger partial charge in [-0.1, -0.05) is 31.0 Å². The van der Waals surface area contributed by atoms with E-state index in [1.54, 1.807) is 0 Å². The molecule has 0 aliphatic rings. The molecule has 0 aliphatic heterocycles. The van der Waals surface area contributed by atoms with Gasteiger partial charge in [-0.3, -0.25) is 0 Å². The van der Waals surface area contributed by atoms with Crippen LogP contribution in [0.5, 0.6) is 0 Å². The lowest BCUT2D eigenvalue weighted by atomic mass is 10.0. The molecule has 0 aromatic heterocycles. The minimum atomic E-state index is -0.433. The highest BCUT2D eigenvalue weighted by Crippen LogP contribution is 2.19. The van der Waals surface area contributed by atoms with Crippen LogP contribution < -0.4 is 0 Å². The van der Waals surface area contributed by atoms with Crippen molar-refractivity contribution >= 4 is 0 Å². The van der Waals surface area contributed by atoms with Gasteiger partial charge in [0.05, 0.1) is 6.10 Å². The predicted octanol–water partition coefficient (Wildman–Crippen LogP) is 2.11. The molecule has 1 nitrogen and oxygen atoms in total. The third kappa shape index (κ3) is 1.66. The summed E-state index contributed by atoms with van der Waals surface area (Å²) in [6.07, 6.45) is 5.54. The van der Waals surface area contributed by atoms with Crippen molar-refractivity contribution in [2.24, 2.45) is 0 Å². The van der Waals surface area contributed by atoms with E-state index in [9.17, 15) is 5.11 Å². The lowest BCUT2D eigenvalue weighted by Crippen LogP contribution is -1.97. The molecule has 0 spiro atoms. The summed E-state index contributed by atoms with van der Waals surface area (Å²) >= 11 is 0. The molecule has 1 unspecified atom stereocenters. The number of rotatable bonds is 2. The van der Waals surface area contributed by atoms with Crippen molar-refractivity contribution in [3.63, 3.8) is 0 Å². The molecular formula is C11H12O. The predicted molar refractivity (Wildman–Crippen MR) is 49.6 cm³/mol. The van der Waals surface area contributed by atoms with Crippen LogP contribution in [-0.2, 0) is 0 Å². The first kappa shape index (κ1) is 8.83. The zero-order valence-electron chi connectivity index (χ0n) is 7.12. The summed E-state index contributed by atoms with van der Waals surface area (Å²) in [5.74, 6) is 2.55. The topological polar surface area (TPSA) is 20.2 Å². The summed E-state index contributed by atoms with van der Waals surface area (Å²) in [5.41, 5.74) is 1.63. The molecule has 0 bridgehead atoms. The Morgan fingerprint density at radius 3 is 2.75 bits per heavy atom. The summed E-state index contributed by atoms with van der Waals surface area (Å²) in [4.78, 5) is 0. The maximum absolute atomic E-state index is 9.55. The fourth-order valence-corrected chi connectivity index (χ4v) is 1.14. The average Bonchev–Trinajstić information content (AvgIpc) is 2.16. The Labute approximate surface area is 73.0 Å². The number of hydrogen-bond acceptors (Lipinski definition) is 1. The lowest BCUT2D eigenvalue weighted by Gasteiger charge is -2.09. The van der Waals surface area contributed by atoms with E-state index in [1.165, 1.54) is 0 Å². The first-order valence-electron chi connectivity index (χ1n) is 4.03. The molecule has 0 saturated carbocycles. The zero-order chi connectivity index (χ0) is 8.97. The van der Waals surface area contributed by atoms with Crippen LogP contribution in [-0.4, -0.2) is 5.11 Å². The Bertz CT molecular complexity index is 296. The van der Waals surface area contributed by atoms with E-state index in [2.05, 4.69) is 5.92 Å². The number of aliphatic hydroxyl groups is 1. The molecule has 0 amide bonds. The number of aliphatic hydroxyl groups excluding tert-OH is 1. The van der Waals surface area contributed by atoms with Gasteiger partial charge >= 0.3 is 0 Å². The van der Waals surface area contributed by atoms with E-state index in [0.29, 0.717) is 6.42 Å². The second-order valence-corrected chi connectivity index (χ2v) is 2.66. The third-order valence-corrected chi connectivity index (χ3v) is 1.86. The van der Waals surface area contributed by atoms with Crippen LogP contribution in [0.2, 0.25) is 0 Å². The highest BCUT2D eigenvalue weighted by Gasteiger charge is 2.07. The highest BCUT2D eigenvalue weighted by molar-refractivity contribution is 5.40. The number of hydrogen-bond donors (Lipinski definition) is 1. The monoisotopic (exact) mass is 160 g/mol. The largest absolute Gasteiger partial charge is 0.388 e. The van der Waals surface area contributed by atoms with E-state index in [1.807, 2.05) is 31.2 Å². The van der Waals surface area contributed by atoms with Gasteiger partial charge in [0.1, 0.15) is 0 Å². The molecule has 0 heterocycles. The van der Waals surface area contributed by atoms with E-state index in [-0.39, 0.29) is 0 Å². The normalized spacial score (nSPS) is 12.1. The van der Waals surface area contributed by atoms with Crippen molar-refractivity contribution in [2.45, 2.75) is 19.4 Å². The van der Waals surface area contributed by atoms with Crippen molar-refractivity contribution < 1.29 is 5.11 Å². The Kier molecular flexibility index (Phi) is 2.90. The molecule has 1 aromatic rings. The van der Waals surface area contributed by atoms with Gasteiger partial charge in [0.2, 0.25) is 0 Å². The van der Waals surface area contributed by atoms with Crippen molar-refractivity contribution in [3.05, 3.63) is 35.4 Å². The minimum absolute atomic E-state index is 0.433. The summed E-state index contributed by atoms with van der Waals surface area (Å²) in [6, 6.07) is 7.47. The van der Waals surface area contributed by atoms with Crippen LogP contribution in [0.4, 0.5) is 0 Å². The number of benzene rings is 1. The Morgan fingerprint density at radius 1 is 1.50 bits per heavy atom. The van der Waals surface area contributed by atoms with Crippen molar-refractivity contribution in [2.75, 3.05) is 0 Å². The van der Waals surface area contributed by atoms with Crippen LogP contribution in [0.15, 0.2) is 24.3 Å². The lowest BCUT2D eigenvalue weighted by molar-refractivity contribution is 0.173. The van der Waals surface area contributed by atoms with Crippen LogP contribution in [0.25, 0.3) is 0 Å². The van der Waals surface area contributed by atoms with Gasteiger partial charge in [0.25, 0.3) is 0 Å². The first-order chi connectivity index (χ1) is 5.79. The van der Waals surface area contributed by atoms with Gasteiger partial charge in [0, 0.05) is 5.56 Å². The molecule has 1 N–H and O–H groups in total. The quantitative estimate of drug-likeness (QED) is 0.657. The first-order valence-corrected chi connectivity index (χ1v) is 4.03. The van der Waals surface area contributed by atoms with Gasteiger partial charge in [-0.25, -0.2) is 0 Å². The molecule has 0 saturated heterocycles. The minimum Gasteiger partial charge on any atom is -0.388 e. The fraction of sp³-hybridized carbons (Fsp3) is 0.273. The average molecular weight is 160 g/mol. The molecule has 1 aromatic carbocycles. The molecular weight excluding hydrogens is 148 g/mol. The number of terminal acetylenes is 1. The maximum Gasteiger partial charge on any atom is 0.0799 e. The van der Waals surface area contributed by atoms with Gasteiger partial charge in [0.15, 0.2) is 0 Å². The fourth-order valence-electron chi connectivity index (χ4n) is 1.14. The second-order valence-electron chi connectivity index (χ2n) is 2.66. The Morgan fingerprint density at radius 2 is 2.17 bits per heavy atom. The molecule has 0 radical (unpaired) electrons. The van der Waals surface area contributed by atoms with Crippen molar-refractivity contribution in [1.29, 1.82) is 0 Å². The molecule has 0 aliphatic carbocycles. The summed E-state index contributed by atoms with van der Waals surface area (Å²) in [7, 11) is 0. The molecule has 1 atom stereocenters. The van der Waals surface area contributed by atoms with Crippen LogP contribution in [0, 0.1) is 12.3 Å². The smallest absolute Gasteiger partial charge is 0.0799 e. The van der Waals surface area contributed by atoms with Crippen molar-refractivity contribution in [3.8, 4) is 12.3 Å². The summed E-state index contributed by atoms with van der Waals surface area (Å²) < 4.78 is 0. The van der Waals surface area contributed by atoms with E-state index in [4.69, 9.17) is 6.42 Å². The maximum atomic E-state index is 9.55. The Balaban J connectivity index is 3.07. The molecule has 62 valence electrons. The van der Waals surface area contributed by atoms with Gasteiger partial charge in [-0.05, 0) is 18.1 Å². The van der Waals surface area contributed by atoms with Crippen LogP contribution in [0.3, 0.4) is 0 Å². The van der Waals surface area contributed by atoms with Gasteiger partial charge < -0.3 is 5.11 Å². The summed E-state index contributed by atoms with van der Waals surface area (Å²) in [5, 5.41) is 9.55. The van der Waals surface area contributed by atoms with Crippen molar-refractivity contribution in [1.82, 2.24) is 0 Å². The highest BCUT2D eigenvalue weighted by atomic mass is 16.3. The van der Waals surface area contributed by atoms with Crippen LogP contribution >= 0.6 is 0 Å². The molecule has 1 heteroatoms. The van der Waals surface area contributed by atoms with Gasteiger partial charge in [-0.2, -0.15) is 0 Å². The standard InChI is InChI=1S/C11H12O/c1-3-9-7-5-6-8-10(9)11(12)4-2/h1,5-8,11-12H,4H2,2H3. The SMILES string of the molecule is C#Cc1ccccc1C(O)CC. The van der Waals surface area contributed by atoms with E-state index >= 15 is 0 Å². The van der Waals surface area contributed by atoms with Gasteiger partial charge in [-0.15, -0.1) is 6.42 Å².